The van der Waals surface area contributed by atoms with Crippen LogP contribution in [-0.2, 0) is 17.5 Å². The molecule has 110 heavy (non-hydrogen) atoms. The molecule has 662 valence electrons. The molecule has 0 aliphatic rings. The summed E-state index contributed by atoms with van der Waals surface area (Å²) in [6.45, 7) is 37.3. The van der Waals surface area contributed by atoms with E-state index >= 15 is 4.57 Å². The zero-order valence-corrected chi connectivity index (χ0v) is 89.0. The lowest BCUT2D eigenvalue weighted by Gasteiger charge is -2.46. The van der Waals surface area contributed by atoms with Crippen LogP contribution in [0.3, 0.4) is 0 Å². The van der Waals surface area contributed by atoms with Gasteiger partial charge in [-0.2, -0.15) is 27.1 Å². The summed E-state index contributed by atoms with van der Waals surface area (Å²) in [5, 5.41) is 11.6. The first-order valence-electron chi connectivity index (χ1n) is 37.7. The fourth-order valence-corrected chi connectivity index (χ4v) is 52.1. The van der Waals surface area contributed by atoms with E-state index in [4.69, 9.17) is 40.0 Å². The molecule has 0 saturated heterocycles. The van der Waals surface area contributed by atoms with Crippen LogP contribution < -0.4 is 16.0 Å². The summed E-state index contributed by atoms with van der Waals surface area (Å²) in [4.78, 5) is 6.80. The van der Waals surface area contributed by atoms with Crippen LogP contribution in [0.5, 0.6) is 0 Å². The van der Waals surface area contributed by atoms with Crippen LogP contribution in [0.4, 0.5) is 0 Å². The molecule has 44 heteroatoms. The third-order valence-electron chi connectivity index (χ3n) is 17.9. The van der Waals surface area contributed by atoms with E-state index in [0.29, 0.717) is 40.0 Å². The van der Waals surface area contributed by atoms with E-state index in [1.165, 1.54) is 0 Å². The van der Waals surface area contributed by atoms with Crippen LogP contribution in [0, 0.1) is 16.2 Å². The van der Waals surface area contributed by atoms with Crippen LogP contribution in [0.1, 0.15) is 123 Å². The Balaban J connectivity index is 11.4. The van der Waals surface area contributed by atoms with E-state index in [0.717, 1.165) is 19.3 Å². The number of phosphoric acid groups is 1. The Morgan fingerprint density at radius 1 is 0.245 bits per heavy atom. The smallest absolute Gasteiger partial charge is 0.299 e. The average Bonchev–Trinajstić information content (AvgIpc) is 0.762. The molecule has 3 atom stereocenters. The van der Waals surface area contributed by atoms with Crippen molar-refractivity contribution < 1.29 is 17.5 Å². The Labute approximate surface area is 683 Å². The SMILES string of the molecule is CN(CNC(C)(C)CC(C)(C)C)CN(C)P(=NP(N=P(N(C)C)(N(C)C)N(C)C)OP(=O)(OP(N=P(N(C)C)(N(C)C)N(C)C)N=P(N(C)C)(N(C)C)N(C)CN(C)CNC(C)(C)CC(C)(C)C)OP(N=P(N(C)C)(N(C)C)N(C)C)N=P(N(C)C)(N(C)C)N(C)CN(C)CNC(C)(C)CC(C)(C)C)(N(C)C)N(C)C. The number of hydrogen-bond donors (Lipinski definition) is 3. The van der Waals surface area contributed by atoms with Crippen molar-refractivity contribution in [3.63, 3.8) is 0 Å². The zero-order valence-electron chi connectivity index (χ0n) is 80.0. The summed E-state index contributed by atoms with van der Waals surface area (Å²) >= 11 is 0. The lowest BCUT2D eigenvalue weighted by Crippen LogP contribution is -2.49. The summed E-state index contributed by atoms with van der Waals surface area (Å²) in [6, 6.07) is 0. The van der Waals surface area contributed by atoms with Gasteiger partial charge in [-0.15, -0.1) is 0 Å². The molecular formula is C66H174N30O4P10. The first kappa shape index (κ1) is 112. The molecule has 0 aromatic heterocycles. The fourth-order valence-electron chi connectivity index (χ4n) is 15.3. The van der Waals surface area contributed by atoms with Crippen molar-refractivity contribution in [1.82, 2.24) is 115 Å². The van der Waals surface area contributed by atoms with Crippen molar-refractivity contribution in [2.75, 3.05) is 294 Å². The van der Waals surface area contributed by atoms with E-state index in [1.807, 2.05) is 211 Å². The van der Waals surface area contributed by atoms with Crippen molar-refractivity contribution in [1.29, 1.82) is 0 Å². The maximum Gasteiger partial charge on any atom is 0.493 e. The second-order valence-corrected chi connectivity index (χ2v) is 66.9. The standard InChI is InChI=1S/C66H174N30O4P10/c1-61(2,3)52-64(10,11)67-55-91(46)58-94(49)107(85(34)35,86(36)37)73-101(70-104(76(16)17,77(18)19)78(20)21)98-110(97,99-102(71-105(79(22)23,80(24)25)81(26)27)74-108(87(38)39,88(40)41)95(50)59-92(47)56-68-65(12,13)53-62(4,5)6)100-103(72-106(82(28)29,83(30)31)84(32)33)75-109(89(42)43,90(44)45)96(51)60-93(48)57-69-66(14,15)54-63(7,8)9/h67-69H,52-60H2,1-51H3. The van der Waals surface area contributed by atoms with Crippen LogP contribution >= 0.6 is 78.2 Å². The molecule has 0 rings (SSSR count). The first-order valence-corrected chi connectivity index (χ1v) is 52.2. The normalized spacial score (nSPS) is 16.2. The minimum absolute atomic E-state index is 0.104. The van der Waals surface area contributed by atoms with Crippen LogP contribution in [0.25, 0.3) is 0 Å². The summed E-state index contributed by atoms with van der Waals surface area (Å²) in [5.74, 6) is 0. The average molecular weight is 1760 g/mol. The number of nitrogens with zero attached hydrogens (tertiary/aromatic N) is 27. The van der Waals surface area contributed by atoms with Crippen molar-refractivity contribution in [3.05, 3.63) is 0 Å². The number of nitrogens with one attached hydrogen (secondary N) is 3. The van der Waals surface area contributed by atoms with Gasteiger partial charge in [-0.3, -0.25) is 101 Å². The first-order chi connectivity index (χ1) is 49.2. The second-order valence-electron chi connectivity index (χ2n) is 37.7. The van der Waals surface area contributed by atoms with Gasteiger partial charge in [-0.05, 0) is 331 Å². The largest absolute Gasteiger partial charge is 0.493 e. The zero-order chi connectivity index (χ0) is 87.2. The minimum atomic E-state index is -5.44. The highest BCUT2D eigenvalue weighted by molar-refractivity contribution is 7.81. The molecule has 0 amide bonds. The highest BCUT2D eigenvalue weighted by Crippen LogP contribution is 2.83. The van der Waals surface area contributed by atoms with Crippen molar-refractivity contribution >= 4 is 78.2 Å². The second kappa shape index (κ2) is 44.7. The van der Waals surface area contributed by atoms with E-state index in [2.05, 4.69) is 261 Å². The van der Waals surface area contributed by atoms with Gasteiger partial charge in [0.25, 0.3) is 0 Å². The topological polar surface area (TPSA) is 223 Å². The summed E-state index contributed by atoms with van der Waals surface area (Å²) in [6.07, 6.45) is 2.90. The molecular weight excluding hydrogens is 1590 g/mol. The maximum atomic E-state index is 18.8. The van der Waals surface area contributed by atoms with E-state index in [-0.39, 0.29) is 32.9 Å². The van der Waals surface area contributed by atoms with Gasteiger partial charge in [-0.1, -0.05) is 62.3 Å². The molecule has 0 aromatic rings. The van der Waals surface area contributed by atoms with Crippen LogP contribution in [0.15, 0.2) is 27.1 Å². The Kier molecular flexibility index (Phi) is 45.5. The molecule has 0 spiro atoms. The van der Waals surface area contributed by atoms with E-state index in [1.54, 1.807) is 0 Å². The predicted molar refractivity (Wildman–Crippen MR) is 493 cm³/mol. The Bertz CT molecular complexity index is 2740. The van der Waals surface area contributed by atoms with Crippen molar-refractivity contribution in [3.8, 4) is 0 Å². The lowest BCUT2D eigenvalue weighted by molar-refractivity contribution is 0.173. The Morgan fingerprint density at radius 2 is 0.382 bits per heavy atom. The molecule has 0 radical (unpaired) electrons. The van der Waals surface area contributed by atoms with Gasteiger partial charge in [0.2, 0.25) is 0 Å². The summed E-state index contributed by atoms with van der Waals surface area (Å²) in [5.41, 5.74) is -0.185. The van der Waals surface area contributed by atoms with Gasteiger partial charge < -0.3 is 0 Å². The monoisotopic (exact) mass is 1760 g/mol. The predicted octanol–water partition coefficient (Wildman–Crippen LogP) is 15.7. The summed E-state index contributed by atoms with van der Waals surface area (Å²) < 4.78 is 117. The molecule has 34 nitrogen and oxygen atoms in total. The molecule has 0 aromatic carbocycles. The highest BCUT2D eigenvalue weighted by atomic mass is 31.3. The summed E-state index contributed by atoms with van der Waals surface area (Å²) in [7, 11) is 41.2. The molecule has 0 aliphatic heterocycles. The molecule has 0 aliphatic carbocycles. The maximum absolute atomic E-state index is 18.8. The van der Waals surface area contributed by atoms with E-state index in [9.17, 15) is 0 Å². The third-order valence-corrected chi connectivity index (χ3v) is 50.7. The van der Waals surface area contributed by atoms with Crippen molar-refractivity contribution in [2.45, 2.75) is 140 Å². The molecule has 0 fully saturated rings. The highest BCUT2D eigenvalue weighted by Gasteiger charge is 2.49. The molecule has 3 N–H and O–H groups in total. The minimum Gasteiger partial charge on any atom is -0.299 e. The van der Waals surface area contributed by atoms with Gasteiger partial charge in [0, 0.05) is 36.6 Å². The van der Waals surface area contributed by atoms with Gasteiger partial charge in [0.1, 0.15) is 0 Å². The lowest BCUT2D eigenvalue weighted by atomic mass is 9.82. The van der Waals surface area contributed by atoms with Gasteiger partial charge in [0.05, 0.1) is 20.0 Å². The number of hydrogen-bond acceptors (Lipinski definition) is 16. The molecule has 0 heterocycles. The van der Waals surface area contributed by atoms with E-state index < -0.39 is 78.2 Å². The van der Waals surface area contributed by atoms with Gasteiger partial charge >= 0.3 is 33.2 Å². The quantitative estimate of drug-likeness (QED) is 0.0380. The number of rotatable bonds is 48. The van der Waals surface area contributed by atoms with Gasteiger partial charge in [0.15, 0.2) is 45.0 Å². The third kappa shape index (κ3) is 31.6. The molecule has 3 unspecified atom stereocenters. The van der Waals surface area contributed by atoms with Gasteiger partial charge in [-0.25, -0.2) is 31.5 Å². The Morgan fingerprint density at radius 3 is 0.509 bits per heavy atom. The Hall–Kier alpha value is 1.82. The molecule has 0 bridgehead atoms. The molecule has 0 saturated carbocycles. The van der Waals surface area contributed by atoms with Crippen LogP contribution in [-0.4, -0.2) is 409 Å². The van der Waals surface area contributed by atoms with Crippen LogP contribution in [0.2, 0.25) is 0 Å². The van der Waals surface area contributed by atoms with Crippen molar-refractivity contribution in [2.24, 2.45) is 43.3 Å². The fraction of sp³-hybridized carbons (Fsp3) is 1.00.